The molecule has 0 saturated heterocycles. The summed E-state index contributed by atoms with van der Waals surface area (Å²) in [4.78, 5) is -0.0525. The molecule has 2 aromatic rings. The van der Waals surface area contributed by atoms with Crippen molar-refractivity contribution in [2.45, 2.75) is 4.90 Å². The molecule has 0 amide bonds. The van der Waals surface area contributed by atoms with E-state index in [1.54, 1.807) is 0 Å². The Morgan fingerprint density at radius 2 is 1.75 bits per heavy atom. The number of benzene rings is 2. The molecule has 2 rings (SSSR count). The molecule has 0 aliphatic carbocycles. The lowest BCUT2D eigenvalue weighted by Crippen LogP contribution is -2.13. The molecule has 0 bridgehead atoms. The zero-order valence-electron chi connectivity index (χ0n) is 9.90. The maximum absolute atomic E-state index is 13.0. The smallest absolute Gasteiger partial charge is 0.261 e. The highest BCUT2D eigenvalue weighted by Crippen LogP contribution is 2.25. The minimum absolute atomic E-state index is 0.0525. The van der Waals surface area contributed by atoms with Crippen LogP contribution in [0.2, 0.25) is 0 Å². The van der Waals surface area contributed by atoms with Crippen LogP contribution in [0.25, 0.3) is 0 Å². The summed E-state index contributed by atoms with van der Waals surface area (Å²) in [6.07, 6.45) is 0. The lowest BCUT2D eigenvalue weighted by molar-refractivity contribution is 0.509. The molecule has 3 N–H and O–H groups in total. The molecule has 0 fully saturated rings. The van der Waals surface area contributed by atoms with Crippen LogP contribution in [0, 0.1) is 11.6 Å². The first-order valence-corrected chi connectivity index (χ1v) is 7.60. The number of anilines is 2. The van der Waals surface area contributed by atoms with Gasteiger partial charge >= 0.3 is 0 Å². The second-order valence-corrected chi connectivity index (χ2v) is 6.45. The van der Waals surface area contributed by atoms with Gasteiger partial charge in [0.25, 0.3) is 10.0 Å². The van der Waals surface area contributed by atoms with Crippen LogP contribution in [0.15, 0.2) is 45.8 Å². The Bertz CT molecular complexity index is 766. The number of nitrogens with one attached hydrogen (secondary N) is 1. The van der Waals surface area contributed by atoms with E-state index >= 15 is 0 Å². The first-order chi connectivity index (χ1) is 9.29. The van der Waals surface area contributed by atoms with Crippen LogP contribution in [0.4, 0.5) is 20.2 Å². The predicted molar refractivity (Wildman–Crippen MR) is 75.7 cm³/mol. The summed E-state index contributed by atoms with van der Waals surface area (Å²) in [6, 6.07) is 6.78. The second-order valence-electron chi connectivity index (χ2n) is 3.92. The van der Waals surface area contributed by atoms with Crippen molar-refractivity contribution in [2.75, 3.05) is 10.5 Å². The molecular formula is C12H9BrF2N2O2S. The van der Waals surface area contributed by atoms with Crippen molar-refractivity contribution in [3.8, 4) is 0 Å². The third kappa shape index (κ3) is 3.07. The number of hydrogen-bond acceptors (Lipinski definition) is 3. The van der Waals surface area contributed by atoms with E-state index in [4.69, 9.17) is 5.73 Å². The largest absolute Gasteiger partial charge is 0.398 e. The van der Waals surface area contributed by atoms with Crippen LogP contribution >= 0.6 is 15.9 Å². The van der Waals surface area contributed by atoms with Gasteiger partial charge in [-0.15, -0.1) is 0 Å². The summed E-state index contributed by atoms with van der Waals surface area (Å²) in [5.41, 5.74) is 5.88. The van der Waals surface area contributed by atoms with Crippen molar-refractivity contribution in [2.24, 2.45) is 0 Å². The van der Waals surface area contributed by atoms with Crippen molar-refractivity contribution >= 4 is 37.3 Å². The molecule has 0 aromatic heterocycles. The van der Waals surface area contributed by atoms with E-state index in [-0.39, 0.29) is 10.6 Å². The van der Waals surface area contributed by atoms with E-state index in [1.807, 2.05) is 0 Å². The summed E-state index contributed by atoms with van der Waals surface area (Å²) in [7, 11) is -3.91. The van der Waals surface area contributed by atoms with Crippen molar-refractivity contribution in [1.82, 2.24) is 0 Å². The molecule has 4 nitrogen and oxygen atoms in total. The van der Waals surface area contributed by atoms with Gasteiger partial charge in [-0.2, -0.15) is 0 Å². The van der Waals surface area contributed by atoms with Crippen LogP contribution in [0.1, 0.15) is 0 Å². The predicted octanol–water partition coefficient (Wildman–Crippen LogP) is 3.11. The molecule has 0 spiro atoms. The Morgan fingerprint density at radius 3 is 2.35 bits per heavy atom. The normalized spacial score (nSPS) is 11.3. The van der Waals surface area contributed by atoms with Crippen LogP contribution in [0.5, 0.6) is 0 Å². The summed E-state index contributed by atoms with van der Waals surface area (Å²) in [6.45, 7) is 0. The van der Waals surface area contributed by atoms with E-state index < -0.39 is 21.7 Å². The molecule has 0 unspecified atom stereocenters. The van der Waals surface area contributed by atoms with E-state index in [0.29, 0.717) is 10.2 Å². The minimum atomic E-state index is -3.91. The maximum Gasteiger partial charge on any atom is 0.261 e. The highest BCUT2D eigenvalue weighted by molar-refractivity contribution is 9.10. The fraction of sp³-hybridized carbons (Fsp3) is 0. The van der Waals surface area contributed by atoms with Crippen molar-refractivity contribution in [1.29, 1.82) is 0 Å². The van der Waals surface area contributed by atoms with Gasteiger partial charge in [0, 0.05) is 16.2 Å². The summed E-state index contributed by atoms with van der Waals surface area (Å²) < 4.78 is 52.5. The van der Waals surface area contributed by atoms with Crippen LogP contribution in [-0.4, -0.2) is 8.42 Å². The molecule has 0 aliphatic rings. The first-order valence-electron chi connectivity index (χ1n) is 5.32. The van der Waals surface area contributed by atoms with E-state index in [2.05, 4.69) is 20.7 Å². The third-order valence-electron chi connectivity index (χ3n) is 2.45. The van der Waals surface area contributed by atoms with Crippen molar-refractivity contribution in [3.05, 3.63) is 52.5 Å². The first kappa shape index (κ1) is 14.7. The molecule has 0 atom stereocenters. The Balaban J connectivity index is 2.35. The van der Waals surface area contributed by atoms with E-state index in [0.717, 1.165) is 18.2 Å². The molecule has 0 radical (unpaired) electrons. The van der Waals surface area contributed by atoms with Crippen LogP contribution in [0.3, 0.4) is 0 Å². The third-order valence-corrected chi connectivity index (χ3v) is 4.52. The SMILES string of the molecule is Nc1ccc(S(=O)(=O)Nc2ccc(F)c(F)c2)cc1Br. The average molecular weight is 363 g/mol. The van der Waals surface area contributed by atoms with E-state index in [1.165, 1.54) is 18.2 Å². The van der Waals surface area contributed by atoms with Gasteiger partial charge in [-0.1, -0.05) is 0 Å². The Morgan fingerprint density at radius 1 is 1.05 bits per heavy atom. The molecule has 2 aromatic carbocycles. The maximum atomic E-state index is 13.0. The number of hydrogen-bond donors (Lipinski definition) is 2. The fourth-order valence-corrected chi connectivity index (χ4v) is 3.05. The molecule has 0 heterocycles. The van der Waals surface area contributed by atoms with Gasteiger partial charge in [0.2, 0.25) is 0 Å². The van der Waals surface area contributed by atoms with Gasteiger partial charge in [0.15, 0.2) is 11.6 Å². The van der Waals surface area contributed by atoms with Crippen molar-refractivity contribution in [3.63, 3.8) is 0 Å². The van der Waals surface area contributed by atoms with E-state index in [9.17, 15) is 17.2 Å². The Kier molecular flexibility index (Phi) is 3.96. The van der Waals surface area contributed by atoms with Gasteiger partial charge in [0.1, 0.15) is 0 Å². The molecular weight excluding hydrogens is 354 g/mol. The molecule has 106 valence electrons. The summed E-state index contributed by atoms with van der Waals surface area (Å²) in [5, 5.41) is 0. The van der Waals surface area contributed by atoms with Gasteiger partial charge in [-0.05, 0) is 46.3 Å². The fourth-order valence-electron chi connectivity index (χ4n) is 1.45. The minimum Gasteiger partial charge on any atom is -0.398 e. The molecule has 0 saturated carbocycles. The summed E-state index contributed by atoms with van der Waals surface area (Å²) >= 11 is 3.12. The highest BCUT2D eigenvalue weighted by atomic mass is 79.9. The molecule has 20 heavy (non-hydrogen) atoms. The zero-order valence-corrected chi connectivity index (χ0v) is 12.3. The molecule has 0 aliphatic heterocycles. The zero-order chi connectivity index (χ0) is 14.9. The number of halogens is 3. The topological polar surface area (TPSA) is 72.2 Å². The number of sulfonamides is 1. The van der Waals surface area contributed by atoms with Crippen molar-refractivity contribution < 1.29 is 17.2 Å². The van der Waals surface area contributed by atoms with Gasteiger partial charge in [0.05, 0.1) is 10.6 Å². The Hall–Kier alpha value is -1.67. The number of nitrogen functional groups attached to an aromatic ring is 1. The quantitative estimate of drug-likeness (QED) is 0.824. The Labute approximate surface area is 122 Å². The second kappa shape index (κ2) is 5.37. The molecule has 8 heteroatoms. The van der Waals surface area contributed by atoms with Crippen LogP contribution < -0.4 is 10.5 Å². The van der Waals surface area contributed by atoms with Crippen LogP contribution in [-0.2, 0) is 10.0 Å². The lowest BCUT2D eigenvalue weighted by atomic mass is 10.3. The number of nitrogens with two attached hydrogens (primary N) is 1. The monoisotopic (exact) mass is 362 g/mol. The number of rotatable bonds is 3. The van der Waals surface area contributed by atoms with Gasteiger partial charge in [-0.3, -0.25) is 4.72 Å². The lowest BCUT2D eigenvalue weighted by Gasteiger charge is -2.09. The highest BCUT2D eigenvalue weighted by Gasteiger charge is 2.16. The van der Waals surface area contributed by atoms with Gasteiger partial charge in [-0.25, -0.2) is 17.2 Å². The standard InChI is InChI=1S/C12H9BrF2N2O2S/c13-9-6-8(2-4-12(9)16)20(18,19)17-7-1-3-10(14)11(15)5-7/h1-6,17H,16H2. The van der Waals surface area contributed by atoms with Gasteiger partial charge < -0.3 is 5.73 Å². The summed E-state index contributed by atoms with van der Waals surface area (Å²) in [5.74, 6) is -2.19. The average Bonchev–Trinajstić information content (AvgIpc) is 2.37.